The SMILES string of the molecule is CCCOC(=O)[C@@H]1Oc2c(c(=O)oc3ccccc23)[C@H]1c1cc(OC)ccc1O. The van der Waals surface area contributed by atoms with E-state index in [9.17, 15) is 14.7 Å². The molecule has 0 bridgehead atoms. The molecule has 1 N–H and O–H groups in total. The van der Waals surface area contributed by atoms with Crippen LogP contribution < -0.4 is 15.1 Å². The number of hydrogen-bond donors (Lipinski definition) is 1. The minimum absolute atomic E-state index is 0.0897. The van der Waals surface area contributed by atoms with Crippen molar-refractivity contribution in [3.63, 3.8) is 0 Å². The first-order valence-electron chi connectivity index (χ1n) is 9.31. The molecule has 2 aromatic carbocycles. The van der Waals surface area contributed by atoms with Gasteiger partial charge in [-0.15, -0.1) is 0 Å². The summed E-state index contributed by atoms with van der Waals surface area (Å²) in [5, 5.41) is 11.1. The van der Waals surface area contributed by atoms with Gasteiger partial charge in [0.25, 0.3) is 0 Å². The second kappa shape index (κ2) is 7.50. The zero-order valence-corrected chi connectivity index (χ0v) is 16.0. The lowest BCUT2D eigenvalue weighted by Gasteiger charge is -2.19. The molecule has 0 radical (unpaired) electrons. The molecule has 0 unspecified atom stereocenters. The summed E-state index contributed by atoms with van der Waals surface area (Å²) in [5.74, 6) is -0.864. The standard InChI is InChI=1S/C22H20O7/c1-3-10-27-22(25)20-17(14-11-12(26-2)8-9-15(14)23)18-19(29-20)13-6-4-5-7-16(13)28-21(18)24/h4-9,11,17,20,23H,3,10H2,1-2H3/t17-,20-/m1/s1. The Hall–Kier alpha value is -3.48. The van der Waals surface area contributed by atoms with E-state index in [2.05, 4.69) is 0 Å². The molecule has 29 heavy (non-hydrogen) atoms. The van der Waals surface area contributed by atoms with Crippen LogP contribution in [0.5, 0.6) is 17.2 Å². The number of fused-ring (bicyclic) bond motifs is 3. The van der Waals surface area contributed by atoms with E-state index in [1.807, 2.05) is 6.92 Å². The minimum atomic E-state index is -1.14. The number of carbonyl (C=O) groups is 1. The predicted molar refractivity (Wildman–Crippen MR) is 105 cm³/mol. The first kappa shape index (κ1) is 18.9. The Morgan fingerprint density at radius 3 is 2.76 bits per heavy atom. The van der Waals surface area contributed by atoms with E-state index >= 15 is 0 Å². The van der Waals surface area contributed by atoms with Crippen LogP contribution in [0.2, 0.25) is 0 Å². The summed E-state index contributed by atoms with van der Waals surface area (Å²) in [7, 11) is 1.49. The number of benzene rings is 2. The number of carbonyl (C=O) groups excluding carboxylic acids is 1. The first-order valence-corrected chi connectivity index (χ1v) is 9.31. The summed E-state index contributed by atoms with van der Waals surface area (Å²) < 4.78 is 22.0. The van der Waals surface area contributed by atoms with Crippen molar-refractivity contribution in [1.82, 2.24) is 0 Å². The van der Waals surface area contributed by atoms with Crippen LogP contribution in [0, 0.1) is 0 Å². The van der Waals surface area contributed by atoms with E-state index < -0.39 is 23.6 Å². The van der Waals surface area contributed by atoms with Crippen molar-refractivity contribution < 1.29 is 28.5 Å². The molecule has 7 heteroatoms. The Kier molecular flexibility index (Phi) is 4.88. The Morgan fingerprint density at radius 2 is 2.00 bits per heavy atom. The molecule has 2 atom stereocenters. The maximum Gasteiger partial charge on any atom is 0.348 e. The molecule has 4 rings (SSSR count). The van der Waals surface area contributed by atoms with Gasteiger partial charge in [-0.3, -0.25) is 0 Å². The van der Waals surface area contributed by atoms with E-state index in [-0.39, 0.29) is 23.7 Å². The zero-order valence-electron chi connectivity index (χ0n) is 16.0. The summed E-state index contributed by atoms with van der Waals surface area (Å²) in [6.45, 7) is 2.10. The fourth-order valence-electron chi connectivity index (χ4n) is 3.57. The molecule has 3 aromatic rings. The molecule has 0 fully saturated rings. The third-order valence-electron chi connectivity index (χ3n) is 4.91. The number of para-hydroxylation sites is 1. The number of phenols is 1. The maximum absolute atomic E-state index is 12.8. The average molecular weight is 396 g/mol. The second-order valence-corrected chi connectivity index (χ2v) is 6.74. The molecule has 1 aromatic heterocycles. The Morgan fingerprint density at radius 1 is 1.21 bits per heavy atom. The van der Waals surface area contributed by atoms with Gasteiger partial charge in [-0.2, -0.15) is 0 Å². The van der Waals surface area contributed by atoms with Crippen LogP contribution in [0.25, 0.3) is 11.0 Å². The van der Waals surface area contributed by atoms with Crippen molar-refractivity contribution in [1.29, 1.82) is 0 Å². The quantitative estimate of drug-likeness (QED) is 0.522. The first-order chi connectivity index (χ1) is 14.0. The number of esters is 1. The van der Waals surface area contributed by atoms with Crippen LogP contribution in [0.3, 0.4) is 0 Å². The topological polar surface area (TPSA) is 95.2 Å². The van der Waals surface area contributed by atoms with Gasteiger partial charge in [-0.05, 0) is 36.8 Å². The fraction of sp³-hybridized carbons (Fsp3) is 0.273. The van der Waals surface area contributed by atoms with Gasteiger partial charge in [0, 0.05) is 5.56 Å². The average Bonchev–Trinajstić information content (AvgIpc) is 3.14. The fourth-order valence-corrected chi connectivity index (χ4v) is 3.57. The highest BCUT2D eigenvalue weighted by atomic mass is 16.6. The highest BCUT2D eigenvalue weighted by molar-refractivity contribution is 5.88. The van der Waals surface area contributed by atoms with Gasteiger partial charge in [0.1, 0.15) is 22.8 Å². The normalized spacial score (nSPS) is 17.6. The molecular weight excluding hydrogens is 376 g/mol. The Bertz CT molecular complexity index is 1130. The number of methoxy groups -OCH3 is 1. The van der Waals surface area contributed by atoms with E-state index in [1.54, 1.807) is 36.4 Å². The van der Waals surface area contributed by atoms with Crippen LogP contribution in [0.15, 0.2) is 51.7 Å². The van der Waals surface area contributed by atoms with Crippen molar-refractivity contribution in [2.45, 2.75) is 25.4 Å². The van der Waals surface area contributed by atoms with Gasteiger partial charge in [-0.25, -0.2) is 9.59 Å². The maximum atomic E-state index is 12.8. The number of ether oxygens (including phenoxy) is 3. The van der Waals surface area contributed by atoms with Crippen molar-refractivity contribution in [2.24, 2.45) is 0 Å². The van der Waals surface area contributed by atoms with Crippen LogP contribution >= 0.6 is 0 Å². The van der Waals surface area contributed by atoms with Crippen molar-refractivity contribution in [3.05, 3.63) is 64.0 Å². The number of aromatic hydroxyl groups is 1. The number of rotatable bonds is 5. The van der Waals surface area contributed by atoms with E-state index in [0.29, 0.717) is 28.7 Å². The third kappa shape index (κ3) is 3.18. The molecule has 0 aliphatic carbocycles. The molecule has 0 spiro atoms. The van der Waals surface area contributed by atoms with Gasteiger partial charge >= 0.3 is 11.6 Å². The number of phenolic OH excluding ortho intramolecular Hbond substituents is 1. The van der Waals surface area contributed by atoms with Gasteiger partial charge in [0.05, 0.1) is 30.6 Å². The highest BCUT2D eigenvalue weighted by Gasteiger charge is 2.46. The van der Waals surface area contributed by atoms with Gasteiger partial charge < -0.3 is 23.7 Å². The summed E-state index contributed by atoms with van der Waals surface area (Å²) in [6, 6.07) is 11.5. The summed E-state index contributed by atoms with van der Waals surface area (Å²) in [5.41, 5.74) is 0.221. The number of hydrogen-bond acceptors (Lipinski definition) is 7. The molecule has 0 saturated carbocycles. The monoisotopic (exact) mass is 396 g/mol. The smallest absolute Gasteiger partial charge is 0.348 e. The molecular formula is C22H20O7. The van der Waals surface area contributed by atoms with Crippen molar-refractivity contribution >= 4 is 16.9 Å². The van der Waals surface area contributed by atoms with Crippen molar-refractivity contribution in [2.75, 3.05) is 13.7 Å². The van der Waals surface area contributed by atoms with Crippen LogP contribution in [0.4, 0.5) is 0 Å². The summed E-state index contributed by atoms with van der Waals surface area (Å²) in [4.78, 5) is 25.6. The van der Waals surface area contributed by atoms with Crippen LogP contribution in [0.1, 0.15) is 30.4 Å². The highest BCUT2D eigenvalue weighted by Crippen LogP contribution is 2.47. The molecule has 2 heterocycles. The molecule has 7 nitrogen and oxygen atoms in total. The molecule has 150 valence electrons. The third-order valence-corrected chi connectivity index (χ3v) is 4.91. The Labute approximate surface area is 166 Å². The summed E-state index contributed by atoms with van der Waals surface area (Å²) in [6.07, 6.45) is -0.491. The van der Waals surface area contributed by atoms with Crippen LogP contribution in [-0.4, -0.2) is 30.9 Å². The van der Waals surface area contributed by atoms with E-state index in [1.165, 1.54) is 13.2 Å². The van der Waals surface area contributed by atoms with Gasteiger partial charge in [0.2, 0.25) is 6.10 Å². The van der Waals surface area contributed by atoms with E-state index in [0.717, 1.165) is 0 Å². The second-order valence-electron chi connectivity index (χ2n) is 6.74. The lowest BCUT2D eigenvalue weighted by atomic mass is 9.87. The lowest BCUT2D eigenvalue weighted by molar-refractivity contribution is -0.151. The van der Waals surface area contributed by atoms with Crippen LogP contribution in [-0.2, 0) is 9.53 Å². The zero-order chi connectivity index (χ0) is 20.5. The molecule has 1 aliphatic heterocycles. The molecule has 1 aliphatic rings. The largest absolute Gasteiger partial charge is 0.508 e. The summed E-state index contributed by atoms with van der Waals surface area (Å²) >= 11 is 0. The van der Waals surface area contributed by atoms with E-state index in [4.69, 9.17) is 18.6 Å². The molecule has 0 saturated heterocycles. The van der Waals surface area contributed by atoms with Crippen molar-refractivity contribution in [3.8, 4) is 17.2 Å². The van der Waals surface area contributed by atoms with Gasteiger partial charge in [-0.1, -0.05) is 19.1 Å². The lowest BCUT2D eigenvalue weighted by Crippen LogP contribution is -2.32. The predicted octanol–water partition coefficient (Wildman–Crippen LogP) is 3.35. The van der Waals surface area contributed by atoms with Gasteiger partial charge in [0.15, 0.2) is 0 Å². The minimum Gasteiger partial charge on any atom is -0.508 e. The molecule has 0 amide bonds. The Balaban J connectivity index is 1.94.